The summed E-state index contributed by atoms with van der Waals surface area (Å²) in [7, 11) is 0. The fourth-order valence-electron chi connectivity index (χ4n) is 0.866. The van der Waals surface area contributed by atoms with E-state index in [1.54, 1.807) is 12.1 Å². The van der Waals surface area contributed by atoms with Crippen LogP contribution >= 0.6 is 0 Å². The SMILES string of the molecule is NNC(C(=O)O)c1ccncc1. The number of pyridine rings is 1. The number of hydrogen-bond donors (Lipinski definition) is 3. The predicted octanol–water partition coefficient (Wildman–Crippen LogP) is -0.329. The summed E-state index contributed by atoms with van der Waals surface area (Å²) in [5.41, 5.74) is 2.77. The van der Waals surface area contributed by atoms with Gasteiger partial charge in [-0.3, -0.25) is 15.6 Å². The molecule has 0 aliphatic heterocycles. The molecule has 0 saturated heterocycles. The average Bonchev–Trinajstić information content (AvgIpc) is 2.07. The van der Waals surface area contributed by atoms with Crippen molar-refractivity contribution in [3.63, 3.8) is 0 Å². The van der Waals surface area contributed by atoms with Gasteiger partial charge in [0.2, 0.25) is 0 Å². The Morgan fingerprint density at radius 1 is 1.58 bits per heavy atom. The molecule has 1 rings (SSSR count). The second-order valence-electron chi connectivity index (χ2n) is 2.22. The Bertz CT molecular complexity index is 263. The van der Waals surface area contributed by atoms with E-state index in [-0.39, 0.29) is 0 Å². The van der Waals surface area contributed by atoms with Crippen LogP contribution in [0.4, 0.5) is 0 Å². The van der Waals surface area contributed by atoms with Crippen LogP contribution in [0.5, 0.6) is 0 Å². The topological polar surface area (TPSA) is 88.2 Å². The summed E-state index contributed by atoms with van der Waals surface area (Å²) in [5, 5.41) is 8.66. The molecule has 1 atom stereocenters. The lowest BCUT2D eigenvalue weighted by molar-refractivity contribution is -0.139. The molecule has 0 aromatic carbocycles. The molecule has 0 saturated carbocycles. The minimum absolute atomic E-state index is 0.583. The van der Waals surface area contributed by atoms with Crippen molar-refractivity contribution in [1.82, 2.24) is 10.4 Å². The number of hydrogen-bond acceptors (Lipinski definition) is 4. The largest absolute Gasteiger partial charge is 0.480 e. The van der Waals surface area contributed by atoms with E-state index < -0.39 is 12.0 Å². The third kappa shape index (κ3) is 1.77. The summed E-state index contributed by atoms with van der Waals surface area (Å²) in [4.78, 5) is 14.3. The van der Waals surface area contributed by atoms with E-state index >= 15 is 0 Å². The second kappa shape index (κ2) is 3.80. The lowest BCUT2D eigenvalue weighted by Crippen LogP contribution is -2.33. The molecule has 1 aromatic rings. The molecule has 0 radical (unpaired) electrons. The van der Waals surface area contributed by atoms with Crippen molar-refractivity contribution >= 4 is 5.97 Å². The molecule has 0 fully saturated rings. The van der Waals surface area contributed by atoms with Crippen molar-refractivity contribution in [2.45, 2.75) is 6.04 Å². The second-order valence-corrected chi connectivity index (χ2v) is 2.22. The number of carbonyl (C=O) groups is 1. The van der Waals surface area contributed by atoms with Gasteiger partial charge in [-0.1, -0.05) is 0 Å². The van der Waals surface area contributed by atoms with Gasteiger partial charge in [0.05, 0.1) is 0 Å². The Balaban J connectivity index is 2.88. The van der Waals surface area contributed by atoms with Gasteiger partial charge in [0.25, 0.3) is 0 Å². The number of rotatable bonds is 3. The molecule has 5 heteroatoms. The van der Waals surface area contributed by atoms with Gasteiger partial charge >= 0.3 is 5.97 Å². The molecule has 1 unspecified atom stereocenters. The van der Waals surface area contributed by atoms with Crippen LogP contribution in [-0.2, 0) is 4.79 Å². The van der Waals surface area contributed by atoms with Crippen molar-refractivity contribution < 1.29 is 9.90 Å². The molecule has 64 valence electrons. The van der Waals surface area contributed by atoms with Crippen molar-refractivity contribution in [2.75, 3.05) is 0 Å². The average molecular weight is 167 g/mol. The van der Waals surface area contributed by atoms with Crippen molar-refractivity contribution in [2.24, 2.45) is 5.84 Å². The molecule has 1 aromatic heterocycles. The van der Waals surface area contributed by atoms with Gasteiger partial charge in [-0.15, -0.1) is 0 Å². The van der Waals surface area contributed by atoms with Gasteiger partial charge < -0.3 is 5.11 Å². The first-order valence-corrected chi connectivity index (χ1v) is 3.34. The summed E-state index contributed by atoms with van der Waals surface area (Å²) in [6.45, 7) is 0. The summed E-state index contributed by atoms with van der Waals surface area (Å²) in [6.07, 6.45) is 3.03. The van der Waals surface area contributed by atoms with Gasteiger partial charge in [0.1, 0.15) is 6.04 Å². The number of carboxylic acid groups (broad SMARTS) is 1. The Kier molecular flexibility index (Phi) is 2.73. The van der Waals surface area contributed by atoms with E-state index in [1.807, 2.05) is 0 Å². The van der Waals surface area contributed by atoms with E-state index in [0.29, 0.717) is 5.56 Å². The number of nitrogens with zero attached hydrogens (tertiary/aromatic N) is 1. The number of aromatic nitrogens is 1. The third-order valence-electron chi connectivity index (χ3n) is 1.45. The zero-order chi connectivity index (χ0) is 8.97. The first-order valence-electron chi connectivity index (χ1n) is 3.34. The maximum absolute atomic E-state index is 10.6. The molecule has 0 amide bonds. The van der Waals surface area contributed by atoms with Crippen LogP contribution in [0.25, 0.3) is 0 Å². The highest BCUT2D eigenvalue weighted by atomic mass is 16.4. The Labute approximate surface area is 69.2 Å². The van der Waals surface area contributed by atoms with Crippen LogP contribution < -0.4 is 11.3 Å². The first-order chi connectivity index (χ1) is 5.75. The van der Waals surface area contributed by atoms with Gasteiger partial charge in [-0.05, 0) is 17.7 Å². The Hall–Kier alpha value is -1.46. The normalized spacial score (nSPS) is 12.4. The molecule has 1 heterocycles. The smallest absolute Gasteiger partial charge is 0.326 e. The van der Waals surface area contributed by atoms with E-state index in [1.165, 1.54) is 12.4 Å². The maximum Gasteiger partial charge on any atom is 0.326 e. The van der Waals surface area contributed by atoms with Crippen LogP contribution in [0.15, 0.2) is 24.5 Å². The summed E-state index contributed by atoms with van der Waals surface area (Å²) < 4.78 is 0. The molecule has 5 nitrogen and oxygen atoms in total. The van der Waals surface area contributed by atoms with Gasteiger partial charge in [0, 0.05) is 12.4 Å². The summed E-state index contributed by atoms with van der Waals surface area (Å²) >= 11 is 0. The van der Waals surface area contributed by atoms with E-state index in [0.717, 1.165) is 0 Å². The minimum Gasteiger partial charge on any atom is -0.480 e. The van der Waals surface area contributed by atoms with Gasteiger partial charge in [-0.25, -0.2) is 5.43 Å². The monoisotopic (exact) mass is 167 g/mol. The van der Waals surface area contributed by atoms with Gasteiger partial charge in [-0.2, -0.15) is 0 Å². The number of aliphatic carboxylic acids is 1. The fourth-order valence-corrected chi connectivity index (χ4v) is 0.866. The van der Waals surface area contributed by atoms with E-state index in [9.17, 15) is 4.79 Å². The highest BCUT2D eigenvalue weighted by molar-refractivity contribution is 5.75. The highest BCUT2D eigenvalue weighted by Gasteiger charge is 2.16. The van der Waals surface area contributed by atoms with Crippen LogP contribution in [-0.4, -0.2) is 16.1 Å². The van der Waals surface area contributed by atoms with Gasteiger partial charge in [0.15, 0.2) is 0 Å². The third-order valence-corrected chi connectivity index (χ3v) is 1.45. The van der Waals surface area contributed by atoms with Crippen LogP contribution in [0, 0.1) is 0 Å². The minimum atomic E-state index is -1.01. The molecule has 4 N–H and O–H groups in total. The predicted molar refractivity (Wildman–Crippen MR) is 41.9 cm³/mol. The lowest BCUT2D eigenvalue weighted by atomic mass is 10.1. The van der Waals surface area contributed by atoms with Crippen LogP contribution in [0.3, 0.4) is 0 Å². The van der Waals surface area contributed by atoms with Crippen molar-refractivity contribution in [3.8, 4) is 0 Å². The molecule has 0 aliphatic rings. The first kappa shape index (κ1) is 8.63. The molecule has 12 heavy (non-hydrogen) atoms. The molecular weight excluding hydrogens is 158 g/mol. The molecule has 0 spiro atoms. The zero-order valence-electron chi connectivity index (χ0n) is 6.27. The number of hydrazine groups is 1. The number of carboxylic acids is 1. The molecular formula is C7H9N3O2. The summed E-state index contributed by atoms with van der Waals surface area (Å²) in [6, 6.07) is 2.32. The van der Waals surface area contributed by atoms with E-state index in [4.69, 9.17) is 10.9 Å². The summed E-state index contributed by atoms with van der Waals surface area (Å²) in [5.74, 6) is 4.04. The van der Waals surface area contributed by atoms with Crippen molar-refractivity contribution in [1.29, 1.82) is 0 Å². The maximum atomic E-state index is 10.6. The number of nitrogens with one attached hydrogen (secondary N) is 1. The van der Waals surface area contributed by atoms with Crippen LogP contribution in [0.2, 0.25) is 0 Å². The lowest BCUT2D eigenvalue weighted by Gasteiger charge is -2.09. The van der Waals surface area contributed by atoms with Crippen molar-refractivity contribution in [3.05, 3.63) is 30.1 Å². The zero-order valence-corrected chi connectivity index (χ0v) is 6.27. The molecule has 0 bridgehead atoms. The Morgan fingerprint density at radius 3 is 2.58 bits per heavy atom. The van der Waals surface area contributed by atoms with Crippen LogP contribution in [0.1, 0.15) is 11.6 Å². The van der Waals surface area contributed by atoms with E-state index in [2.05, 4.69) is 10.4 Å². The standard InChI is InChI=1S/C7H9N3O2/c8-10-6(7(11)12)5-1-3-9-4-2-5/h1-4,6,10H,8H2,(H,11,12). The number of nitrogens with two attached hydrogens (primary N) is 1. The highest BCUT2D eigenvalue weighted by Crippen LogP contribution is 2.09. The Morgan fingerprint density at radius 2 is 2.17 bits per heavy atom. The molecule has 0 aliphatic carbocycles. The fraction of sp³-hybridized carbons (Fsp3) is 0.143. The quantitative estimate of drug-likeness (QED) is 0.423.